The van der Waals surface area contributed by atoms with Crippen molar-refractivity contribution in [2.45, 2.75) is 77.2 Å². The van der Waals surface area contributed by atoms with Crippen LogP contribution in [0.1, 0.15) is 64.8 Å². The number of morpholine rings is 1. The van der Waals surface area contributed by atoms with Crippen molar-refractivity contribution >= 4 is 28.9 Å². The molecule has 20 heteroatoms. The lowest BCUT2D eigenvalue weighted by Crippen LogP contribution is -2.46. The number of aromatic nitrogens is 2. The number of hydrogen-bond acceptors (Lipinski definition) is 15. The Hall–Kier alpha value is -8.26. The zero-order chi connectivity index (χ0) is 58.6. The molecule has 1 unspecified atom stereocenters. The number of fused-ring (bicyclic) bond motifs is 1. The predicted octanol–water partition coefficient (Wildman–Crippen LogP) is 11.1. The summed E-state index contributed by atoms with van der Waals surface area (Å²) in [5.41, 5.74) is 2.55. The molecule has 0 bridgehead atoms. The zero-order valence-corrected chi connectivity index (χ0v) is 48.3. The van der Waals surface area contributed by atoms with Gasteiger partial charge in [-0.05, 0) is 121 Å². The Kier molecular flexibility index (Phi) is 17.1. The molecule has 7 aromatic rings. The molecule has 0 aliphatic carbocycles. The monoisotopic (exact) mass is 1170 g/mol. The highest BCUT2D eigenvalue weighted by atomic mass is 35.5. The average molecular weight is 1170 g/mol. The summed E-state index contributed by atoms with van der Waals surface area (Å²) in [5.74, 6) is 1.50. The zero-order valence-electron chi connectivity index (χ0n) is 47.5. The third kappa shape index (κ3) is 12.2. The fourth-order valence-electron chi connectivity index (χ4n) is 11.4. The highest BCUT2D eigenvalue weighted by Gasteiger charge is 2.41. The number of rotatable bonds is 20. The lowest BCUT2D eigenvalue weighted by atomic mass is 9.98. The molecule has 84 heavy (non-hydrogen) atoms. The first kappa shape index (κ1) is 57.6. The van der Waals surface area contributed by atoms with Gasteiger partial charge in [0.2, 0.25) is 0 Å². The Morgan fingerprint density at radius 1 is 0.762 bits per heavy atom. The van der Waals surface area contributed by atoms with Crippen LogP contribution in [0.3, 0.4) is 0 Å². The lowest BCUT2D eigenvalue weighted by Gasteiger charge is -2.34. The van der Waals surface area contributed by atoms with Crippen LogP contribution in [0.2, 0.25) is 5.02 Å². The summed E-state index contributed by atoms with van der Waals surface area (Å²) >= 11 is 7.39. The molecule has 1 N–H and O–H groups in total. The van der Waals surface area contributed by atoms with Gasteiger partial charge >= 0.3 is 12.1 Å². The van der Waals surface area contributed by atoms with Gasteiger partial charge in [-0.25, -0.2) is 9.37 Å². The van der Waals surface area contributed by atoms with E-state index >= 15 is 17.6 Å². The number of benzene rings is 5. The van der Waals surface area contributed by atoms with E-state index in [2.05, 4.69) is 21.2 Å². The summed E-state index contributed by atoms with van der Waals surface area (Å²) < 4.78 is 107. The van der Waals surface area contributed by atoms with Crippen LogP contribution in [0.5, 0.6) is 28.7 Å². The van der Waals surface area contributed by atoms with Crippen molar-refractivity contribution in [3.63, 3.8) is 0 Å². The lowest BCUT2D eigenvalue weighted by molar-refractivity contribution is -0.137. The summed E-state index contributed by atoms with van der Waals surface area (Å²) in [4.78, 5) is 22.6. The first-order valence-electron chi connectivity index (χ1n) is 27.7. The molecule has 4 aliphatic heterocycles. The Balaban J connectivity index is 1.04. The van der Waals surface area contributed by atoms with Gasteiger partial charge in [0.25, 0.3) is 0 Å². The highest BCUT2D eigenvalue weighted by molar-refractivity contribution is 6.33. The van der Waals surface area contributed by atoms with Crippen LogP contribution in [0, 0.1) is 12.7 Å². The van der Waals surface area contributed by atoms with Crippen molar-refractivity contribution in [3.05, 3.63) is 194 Å². The molecule has 15 nitrogen and oxygen atoms in total. The van der Waals surface area contributed by atoms with Crippen molar-refractivity contribution < 1.29 is 50.7 Å². The molecule has 6 heterocycles. The molecule has 2 aromatic heterocycles. The third-order valence-corrected chi connectivity index (χ3v) is 16.3. The van der Waals surface area contributed by atoms with E-state index in [-0.39, 0.29) is 71.4 Å². The van der Waals surface area contributed by atoms with Crippen LogP contribution >= 0.6 is 11.6 Å². The van der Waals surface area contributed by atoms with Crippen molar-refractivity contribution in [2.24, 2.45) is 4.99 Å². The fraction of sp³-hybridized carbons (Fsp3) is 0.328. The van der Waals surface area contributed by atoms with E-state index in [0.717, 1.165) is 64.4 Å². The van der Waals surface area contributed by atoms with E-state index in [9.17, 15) is 0 Å². The van der Waals surface area contributed by atoms with Crippen LogP contribution in [0.4, 0.5) is 29.1 Å². The molecule has 3 atom stereocenters. The van der Waals surface area contributed by atoms with Crippen LogP contribution in [-0.4, -0.2) is 93.3 Å². The Morgan fingerprint density at radius 2 is 1.32 bits per heavy atom. The van der Waals surface area contributed by atoms with Gasteiger partial charge < -0.3 is 53.2 Å². The maximum Gasteiger partial charge on any atom is 0.418 e. The largest absolute Gasteiger partial charge is 0.497 e. The summed E-state index contributed by atoms with van der Waals surface area (Å²) in [7, 11) is 6.40. The molecule has 2 fully saturated rings. The van der Waals surface area contributed by atoms with Crippen molar-refractivity contribution in [2.75, 3.05) is 71.3 Å². The van der Waals surface area contributed by atoms with Gasteiger partial charge in [0.1, 0.15) is 47.9 Å². The number of hydrogen-bond donors (Lipinski definition) is 1. The Morgan fingerprint density at radius 3 is 1.87 bits per heavy atom. The average Bonchev–Trinajstić information content (AvgIpc) is 1.34. The van der Waals surface area contributed by atoms with Gasteiger partial charge in [0.15, 0.2) is 11.6 Å². The summed E-state index contributed by atoms with van der Waals surface area (Å²) in [6.45, 7) is 6.75. The molecular formula is C64H65ClF4N8O7. The number of halogens is 5. The maximum absolute atomic E-state index is 18.5. The van der Waals surface area contributed by atoms with Gasteiger partial charge in [-0.3, -0.25) is 14.9 Å². The summed E-state index contributed by atoms with van der Waals surface area (Å²) in [5, 5.41) is 3.09. The van der Waals surface area contributed by atoms with Gasteiger partial charge in [-0.15, -0.1) is 0 Å². The van der Waals surface area contributed by atoms with Gasteiger partial charge in [-0.2, -0.15) is 13.2 Å². The minimum atomic E-state index is -5.02. The van der Waals surface area contributed by atoms with Gasteiger partial charge in [0, 0.05) is 51.0 Å². The second kappa shape index (κ2) is 24.9. The number of anilines is 2. The minimum Gasteiger partial charge on any atom is -0.497 e. The number of methoxy groups -OCH3 is 4. The molecular weight excluding hydrogens is 1100 g/mol. The van der Waals surface area contributed by atoms with Crippen LogP contribution in [-0.2, 0) is 41.8 Å². The number of pyridine rings is 2. The second-order valence-corrected chi connectivity index (χ2v) is 21.5. The normalized spacial score (nSPS) is 16.9. The number of nitrogens with zero attached hydrogens (tertiary/aromatic N) is 7. The Labute approximate surface area is 490 Å². The molecule has 0 spiro atoms. The molecule has 11 rings (SSSR count). The van der Waals surface area contributed by atoms with Crippen LogP contribution in [0.25, 0.3) is 17.1 Å². The topological polar surface area (TPSA) is 128 Å². The molecule has 4 aliphatic rings. The van der Waals surface area contributed by atoms with E-state index in [0.29, 0.717) is 43.6 Å². The second-order valence-electron chi connectivity index (χ2n) is 21.1. The number of nitrogens with one attached hydrogen (secondary N) is 1. The van der Waals surface area contributed by atoms with Gasteiger partial charge in [-0.1, -0.05) is 60.1 Å². The third-order valence-electron chi connectivity index (χ3n) is 15.9. The molecule has 2 saturated heterocycles. The molecule has 0 amide bonds. The smallest absolute Gasteiger partial charge is 0.418 e. The van der Waals surface area contributed by atoms with E-state index < -0.39 is 40.6 Å². The summed E-state index contributed by atoms with van der Waals surface area (Å²) in [6, 6.07) is 33.5. The first-order valence-corrected chi connectivity index (χ1v) is 28.1. The van der Waals surface area contributed by atoms with Crippen LogP contribution in [0.15, 0.2) is 139 Å². The van der Waals surface area contributed by atoms with E-state index in [4.69, 9.17) is 59.7 Å². The number of aryl methyl sites for hydroxylation is 1. The van der Waals surface area contributed by atoms with E-state index in [1.54, 1.807) is 65.1 Å². The number of ether oxygens (including phenoxy) is 7. The highest BCUT2D eigenvalue weighted by Crippen LogP contribution is 2.44. The molecule has 0 radical (unpaired) electrons. The SMILES string of the molecule is COc1ccc(CN(Cc2ccc(OC)cc2)c2cncc(C(C)N3C=C(OC[C@@H]4CC[C@H]5COCCN54)Oc4c(F)c(-c5nc(N(Cc6ccc(OC)cc6)Cc6ccc(OC)cc6)cc(C)c5C(F)(F)F)c(Cl)c5c4=C3NCN=5)c2)cc1. The van der Waals surface area contributed by atoms with Crippen molar-refractivity contribution in [1.29, 1.82) is 0 Å². The molecule has 0 saturated carbocycles. The minimum absolute atomic E-state index is 0.0129. The van der Waals surface area contributed by atoms with E-state index in [1.807, 2.05) is 95.7 Å². The quantitative estimate of drug-likeness (QED) is 0.0727. The van der Waals surface area contributed by atoms with Crippen molar-refractivity contribution in [3.8, 4) is 40.0 Å². The maximum atomic E-state index is 18.5. The molecule has 5 aromatic carbocycles. The number of alkyl halides is 3. The fourth-order valence-corrected chi connectivity index (χ4v) is 11.8. The van der Waals surface area contributed by atoms with Gasteiger partial charge in [0.05, 0.1) is 98.2 Å². The Bertz CT molecular complexity index is 3550. The summed E-state index contributed by atoms with van der Waals surface area (Å²) in [6.07, 6.45) is 1.95. The standard InChI is InChI=1S/C64H65ClF4N8O7/c1-39-27-53(75(33-43-11-21-51(80-5)22-12-43)34-44-13-23-52(81-6)24-14-44)73-60(57(39)64(67,68)69)55-58(65)61-56-62(59(55)66)84-54(83-37-47-16-15-46-36-82-26-25-76(46)47)35-77(63(56)72-38-71-61)40(2)45-28-48(30-70-29-45)74(31-41-7-17-49(78-3)18-8-41)32-42-9-19-50(79-4)20-10-42/h7-14,17-24,27-30,35,40,46-47,72H,15-16,25-26,31-34,36-38H2,1-6H3/t40?,46-,47-/m0/s1. The predicted molar refractivity (Wildman–Crippen MR) is 312 cm³/mol. The van der Waals surface area contributed by atoms with Crippen LogP contribution < -0.4 is 49.4 Å². The van der Waals surface area contributed by atoms with E-state index in [1.165, 1.54) is 13.0 Å². The van der Waals surface area contributed by atoms with Crippen molar-refractivity contribution in [1.82, 2.24) is 25.1 Å². The molecule has 438 valence electrons. The first-order chi connectivity index (χ1) is 40.7.